The summed E-state index contributed by atoms with van der Waals surface area (Å²) in [5, 5.41) is 7.48. The molecular weight excluding hydrogens is 441 g/mol. The molecule has 0 bridgehead atoms. The zero-order valence-corrected chi connectivity index (χ0v) is 19.6. The molecule has 0 saturated heterocycles. The van der Waals surface area contributed by atoms with E-state index in [0.29, 0.717) is 13.0 Å². The highest BCUT2D eigenvalue weighted by molar-refractivity contribution is 5.83. The van der Waals surface area contributed by atoms with Gasteiger partial charge in [0.05, 0.1) is 5.69 Å². The van der Waals surface area contributed by atoms with Crippen molar-refractivity contribution in [2.75, 3.05) is 13.6 Å². The second kappa shape index (κ2) is 10.0. The maximum Gasteiger partial charge on any atom is 0.241 e. The van der Waals surface area contributed by atoms with E-state index in [1.807, 2.05) is 48.9 Å². The van der Waals surface area contributed by atoms with Gasteiger partial charge in [-0.3, -0.25) is 14.4 Å². The summed E-state index contributed by atoms with van der Waals surface area (Å²) in [6, 6.07) is 11.0. The fraction of sp³-hybridized carbons (Fsp3) is 0.385. The molecule has 2 heterocycles. The molecule has 180 valence electrons. The molecule has 8 heteroatoms. The molecule has 0 aliphatic carbocycles. The molecule has 1 aromatic heterocycles. The van der Waals surface area contributed by atoms with Crippen LogP contribution in [0, 0.1) is 24.4 Å². The number of aromatic nitrogens is 2. The normalized spacial score (nSPS) is 16.8. The predicted molar refractivity (Wildman–Crippen MR) is 124 cm³/mol. The predicted octanol–water partition coefficient (Wildman–Crippen LogP) is 4.65. The highest BCUT2D eigenvalue weighted by atomic mass is 19.2. The molecule has 1 aliphatic heterocycles. The fourth-order valence-corrected chi connectivity index (χ4v) is 5.09. The summed E-state index contributed by atoms with van der Waals surface area (Å²) in [6.45, 7) is 5.30. The van der Waals surface area contributed by atoms with Crippen molar-refractivity contribution in [2.45, 2.75) is 51.7 Å². The molecule has 5 nitrogen and oxygen atoms in total. The number of hydrogen-bond acceptors (Lipinski definition) is 3. The Balaban J connectivity index is 1.76. The Labute approximate surface area is 197 Å². The lowest BCUT2D eigenvalue weighted by molar-refractivity contribution is -0.127. The Morgan fingerprint density at radius 2 is 1.88 bits per heavy atom. The first-order valence-corrected chi connectivity index (χ1v) is 11.6. The number of benzene rings is 2. The monoisotopic (exact) mass is 470 g/mol. The maximum atomic E-state index is 14.4. The van der Waals surface area contributed by atoms with Gasteiger partial charge in [0.2, 0.25) is 5.91 Å². The fourth-order valence-electron chi connectivity index (χ4n) is 5.09. The molecule has 0 saturated carbocycles. The van der Waals surface area contributed by atoms with Crippen LogP contribution < -0.4 is 5.32 Å². The number of halogens is 3. The zero-order valence-electron chi connectivity index (χ0n) is 19.6. The van der Waals surface area contributed by atoms with Crippen molar-refractivity contribution in [3.63, 3.8) is 0 Å². The summed E-state index contributed by atoms with van der Waals surface area (Å²) in [6.07, 6.45) is 1.33. The van der Waals surface area contributed by atoms with Crippen LogP contribution >= 0.6 is 0 Å². The van der Waals surface area contributed by atoms with Gasteiger partial charge in [0, 0.05) is 43.9 Å². The third kappa shape index (κ3) is 4.34. The second-order valence-electron chi connectivity index (χ2n) is 8.57. The molecular formula is C26H29F3N4O. The lowest BCUT2D eigenvalue weighted by Gasteiger charge is -2.41. The van der Waals surface area contributed by atoms with Crippen molar-refractivity contribution >= 4 is 5.91 Å². The van der Waals surface area contributed by atoms with E-state index in [1.54, 1.807) is 7.05 Å². The highest BCUT2D eigenvalue weighted by Crippen LogP contribution is 2.40. The molecule has 0 spiro atoms. The van der Waals surface area contributed by atoms with Crippen molar-refractivity contribution in [1.82, 2.24) is 20.0 Å². The van der Waals surface area contributed by atoms with E-state index in [4.69, 9.17) is 5.10 Å². The summed E-state index contributed by atoms with van der Waals surface area (Å²) in [5.41, 5.74) is 3.97. The van der Waals surface area contributed by atoms with E-state index in [0.717, 1.165) is 41.5 Å². The SMILES string of the molecule is CCn1nc(C)c2c1CCN([C@@H](C(=O)NC)c1ccccc1)[C@H]2CCc1ccc(F)c(F)c1F. The van der Waals surface area contributed by atoms with Crippen LogP contribution in [0.25, 0.3) is 0 Å². The number of hydrogen-bond donors (Lipinski definition) is 1. The Morgan fingerprint density at radius 1 is 1.15 bits per heavy atom. The van der Waals surface area contributed by atoms with Gasteiger partial charge in [-0.25, -0.2) is 13.2 Å². The Hall–Kier alpha value is -3.13. The minimum atomic E-state index is -1.46. The lowest BCUT2D eigenvalue weighted by Crippen LogP contribution is -2.45. The van der Waals surface area contributed by atoms with E-state index in [1.165, 1.54) is 6.07 Å². The number of amides is 1. The van der Waals surface area contributed by atoms with Gasteiger partial charge in [-0.1, -0.05) is 36.4 Å². The first kappa shape index (κ1) is 24.0. The molecule has 3 aromatic rings. The highest BCUT2D eigenvalue weighted by Gasteiger charge is 2.39. The number of rotatable bonds is 7. The number of carbonyl (C=O) groups excluding carboxylic acids is 1. The van der Waals surface area contributed by atoms with E-state index in [-0.39, 0.29) is 23.9 Å². The Bertz CT molecular complexity index is 1180. The summed E-state index contributed by atoms with van der Waals surface area (Å²) in [7, 11) is 1.61. The van der Waals surface area contributed by atoms with E-state index in [2.05, 4.69) is 10.2 Å². The van der Waals surface area contributed by atoms with Gasteiger partial charge < -0.3 is 5.32 Å². The van der Waals surface area contributed by atoms with Crippen LogP contribution in [0.4, 0.5) is 13.2 Å². The topological polar surface area (TPSA) is 50.2 Å². The number of nitrogens with one attached hydrogen (secondary N) is 1. The number of likely N-dealkylation sites (N-methyl/N-ethyl adjacent to an activating group) is 1. The van der Waals surface area contributed by atoms with Crippen LogP contribution in [0.1, 0.15) is 53.5 Å². The smallest absolute Gasteiger partial charge is 0.241 e. The van der Waals surface area contributed by atoms with E-state index in [9.17, 15) is 18.0 Å². The number of carbonyl (C=O) groups is 1. The van der Waals surface area contributed by atoms with Gasteiger partial charge in [0.15, 0.2) is 17.5 Å². The van der Waals surface area contributed by atoms with Crippen molar-refractivity contribution in [2.24, 2.45) is 0 Å². The first-order valence-electron chi connectivity index (χ1n) is 11.6. The zero-order chi connectivity index (χ0) is 24.4. The van der Waals surface area contributed by atoms with Gasteiger partial charge >= 0.3 is 0 Å². The van der Waals surface area contributed by atoms with Crippen molar-refractivity contribution in [3.8, 4) is 0 Å². The minimum Gasteiger partial charge on any atom is -0.358 e. The van der Waals surface area contributed by atoms with Crippen molar-refractivity contribution in [3.05, 3.63) is 88.0 Å². The van der Waals surface area contributed by atoms with E-state index < -0.39 is 23.5 Å². The van der Waals surface area contributed by atoms with Gasteiger partial charge in [-0.15, -0.1) is 0 Å². The van der Waals surface area contributed by atoms with Crippen LogP contribution in [-0.4, -0.2) is 34.2 Å². The molecule has 0 unspecified atom stereocenters. The van der Waals surface area contributed by atoms with Gasteiger partial charge in [0.25, 0.3) is 0 Å². The molecule has 4 rings (SSSR count). The Kier molecular flexibility index (Phi) is 7.07. The van der Waals surface area contributed by atoms with Crippen molar-refractivity contribution in [1.29, 1.82) is 0 Å². The average molecular weight is 471 g/mol. The number of fused-ring (bicyclic) bond motifs is 1. The van der Waals surface area contributed by atoms with Crippen LogP contribution in [0.15, 0.2) is 42.5 Å². The number of nitrogens with zero attached hydrogens (tertiary/aromatic N) is 3. The molecule has 1 aliphatic rings. The first-order chi connectivity index (χ1) is 16.4. The summed E-state index contributed by atoms with van der Waals surface area (Å²) >= 11 is 0. The van der Waals surface area contributed by atoms with Crippen LogP contribution in [-0.2, 0) is 24.2 Å². The summed E-state index contributed by atoms with van der Waals surface area (Å²) in [4.78, 5) is 15.2. The summed E-state index contributed by atoms with van der Waals surface area (Å²) < 4.78 is 43.7. The van der Waals surface area contributed by atoms with Crippen LogP contribution in [0.5, 0.6) is 0 Å². The lowest BCUT2D eigenvalue weighted by atomic mass is 9.88. The van der Waals surface area contributed by atoms with Crippen LogP contribution in [0.2, 0.25) is 0 Å². The number of aryl methyl sites for hydroxylation is 3. The minimum absolute atomic E-state index is 0.114. The van der Waals surface area contributed by atoms with E-state index >= 15 is 0 Å². The van der Waals surface area contributed by atoms with Gasteiger partial charge in [0.1, 0.15) is 6.04 Å². The average Bonchev–Trinajstić information content (AvgIpc) is 3.19. The van der Waals surface area contributed by atoms with Crippen LogP contribution in [0.3, 0.4) is 0 Å². The largest absolute Gasteiger partial charge is 0.358 e. The summed E-state index contributed by atoms with van der Waals surface area (Å²) in [5.74, 6) is -3.96. The molecule has 34 heavy (non-hydrogen) atoms. The third-order valence-electron chi connectivity index (χ3n) is 6.67. The molecule has 1 N–H and O–H groups in total. The molecule has 2 aromatic carbocycles. The van der Waals surface area contributed by atoms with Gasteiger partial charge in [-0.2, -0.15) is 5.10 Å². The quantitative estimate of drug-likeness (QED) is 0.512. The third-order valence-corrected chi connectivity index (χ3v) is 6.67. The van der Waals surface area contributed by atoms with Crippen molar-refractivity contribution < 1.29 is 18.0 Å². The molecule has 0 fully saturated rings. The Morgan fingerprint density at radius 3 is 2.56 bits per heavy atom. The second-order valence-corrected chi connectivity index (χ2v) is 8.57. The molecule has 1 amide bonds. The standard InChI is InChI=1S/C26H29F3N4O/c1-4-33-21-14-15-32(25(26(34)30-3)18-8-6-5-7-9-18)20(22(21)16(2)31-33)13-11-17-10-12-19(27)24(29)23(17)28/h5-10,12,20,25H,4,11,13-15H2,1-3H3,(H,30,34)/t20-,25+/m0/s1. The van der Waals surface area contributed by atoms with Gasteiger partial charge in [-0.05, 0) is 43.9 Å². The molecule has 2 atom stereocenters. The molecule has 0 radical (unpaired) electrons. The maximum absolute atomic E-state index is 14.4.